The third-order valence-electron chi connectivity index (χ3n) is 7.37. The second-order valence-corrected chi connectivity index (χ2v) is 11.2. The Bertz CT molecular complexity index is 1570. The van der Waals surface area contributed by atoms with Crippen LogP contribution in [0.4, 0.5) is 13.2 Å². The molecule has 0 atom stereocenters. The number of thiazole rings is 1. The smallest absolute Gasteiger partial charge is 0.416 e. The minimum absolute atomic E-state index is 0.0114. The van der Waals surface area contributed by atoms with Gasteiger partial charge in [-0.15, -0.1) is 0 Å². The van der Waals surface area contributed by atoms with E-state index in [1.54, 1.807) is 24.4 Å². The number of hydrogen-bond donors (Lipinski definition) is 2. The summed E-state index contributed by atoms with van der Waals surface area (Å²) in [5, 5.41) is 20.4. The van der Waals surface area contributed by atoms with Gasteiger partial charge in [0.1, 0.15) is 0 Å². The van der Waals surface area contributed by atoms with Crippen LogP contribution in [-0.2, 0) is 19.1 Å². The standard InChI is InChI=1S/C27H26ClF3N4O2S/c28-20-7-5-18(22(11-20)27(29,30)31)10-21(17-6-8-23-19(9-17)13-33-34-23)24-25(36)35(26(37)38-24)14-16-3-1-15(12-32)2-4-16/h5-9,11,13,15-16,36H,1-4,10,12,14,32H2. The monoisotopic (exact) mass is 562 g/mol. The van der Waals surface area contributed by atoms with Gasteiger partial charge in [-0.2, -0.15) is 23.4 Å². The van der Waals surface area contributed by atoms with Crippen LogP contribution in [-0.4, -0.2) is 22.4 Å². The lowest BCUT2D eigenvalue weighted by molar-refractivity contribution is -0.138. The lowest BCUT2D eigenvalue weighted by Gasteiger charge is -2.27. The molecular weight excluding hydrogens is 537 g/mol. The molecule has 5 rings (SSSR count). The van der Waals surface area contributed by atoms with Crippen LogP contribution in [0.15, 0.2) is 51.4 Å². The van der Waals surface area contributed by atoms with E-state index in [1.165, 1.54) is 16.7 Å². The lowest BCUT2D eigenvalue weighted by Crippen LogP contribution is -2.26. The zero-order valence-corrected chi connectivity index (χ0v) is 21.9. The number of hydrogen-bond acceptors (Lipinski definition) is 6. The van der Waals surface area contributed by atoms with Crippen molar-refractivity contribution in [2.75, 3.05) is 6.54 Å². The fourth-order valence-electron chi connectivity index (χ4n) is 5.22. The topological polar surface area (TPSA) is 93.0 Å². The number of nitrogens with two attached hydrogens (primary N) is 1. The summed E-state index contributed by atoms with van der Waals surface area (Å²) in [7, 11) is 0. The molecule has 0 bridgehead atoms. The van der Waals surface area contributed by atoms with Crippen LogP contribution in [0.25, 0.3) is 5.57 Å². The van der Waals surface area contributed by atoms with E-state index in [9.17, 15) is 23.1 Å². The van der Waals surface area contributed by atoms with E-state index >= 15 is 0 Å². The molecule has 38 heavy (non-hydrogen) atoms. The van der Waals surface area contributed by atoms with E-state index in [0.717, 1.165) is 43.1 Å². The summed E-state index contributed by atoms with van der Waals surface area (Å²) in [6, 6.07) is 8.84. The molecule has 1 saturated carbocycles. The summed E-state index contributed by atoms with van der Waals surface area (Å²) in [5.74, 6) is 0.474. The Labute approximate surface area is 225 Å². The molecule has 0 unspecified atom stereocenters. The first-order chi connectivity index (χ1) is 18.1. The third-order valence-corrected chi connectivity index (χ3v) is 8.63. The van der Waals surface area contributed by atoms with Gasteiger partial charge in [-0.05, 0) is 84.7 Å². The van der Waals surface area contributed by atoms with Crippen LogP contribution in [0, 0.1) is 11.8 Å². The number of nitrogens with zero attached hydrogens (tertiary/aromatic N) is 3. The van der Waals surface area contributed by atoms with Crippen LogP contribution in [0.2, 0.25) is 5.02 Å². The van der Waals surface area contributed by atoms with Gasteiger partial charge >= 0.3 is 11.0 Å². The van der Waals surface area contributed by atoms with E-state index in [2.05, 4.69) is 10.2 Å². The average Bonchev–Trinajstić information content (AvgIpc) is 3.47. The first kappa shape index (κ1) is 26.6. The van der Waals surface area contributed by atoms with Crippen molar-refractivity contribution in [3.63, 3.8) is 0 Å². The predicted octanol–water partition coefficient (Wildman–Crippen LogP) is 4.46. The number of halogens is 4. The van der Waals surface area contributed by atoms with E-state index in [4.69, 9.17) is 17.3 Å². The third kappa shape index (κ3) is 5.43. The van der Waals surface area contributed by atoms with Gasteiger partial charge in [-0.1, -0.05) is 35.1 Å². The maximum Gasteiger partial charge on any atom is 0.416 e. The molecule has 1 aromatic heterocycles. The van der Waals surface area contributed by atoms with Crippen molar-refractivity contribution in [3.05, 3.63) is 83.2 Å². The molecule has 1 aliphatic carbocycles. The molecule has 200 valence electrons. The minimum Gasteiger partial charge on any atom is -0.493 e. The van der Waals surface area contributed by atoms with Crippen LogP contribution >= 0.6 is 22.9 Å². The SMILES string of the molecule is NCC1CCC(Cn2c(O)c(C(Cc3ccc(Cl)cc3C(F)(F)F)=c3ccc4c(c3)C=NN=4)sc2=O)CC1. The van der Waals surface area contributed by atoms with Gasteiger partial charge in [-0.25, -0.2) is 0 Å². The van der Waals surface area contributed by atoms with E-state index in [0.29, 0.717) is 40.7 Å². The van der Waals surface area contributed by atoms with Crippen molar-refractivity contribution in [1.29, 1.82) is 0 Å². The molecule has 11 heteroatoms. The van der Waals surface area contributed by atoms with Crippen molar-refractivity contribution in [2.24, 2.45) is 27.8 Å². The van der Waals surface area contributed by atoms with Crippen molar-refractivity contribution in [2.45, 2.75) is 44.8 Å². The predicted molar refractivity (Wildman–Crippen MR) is 142 cm³/mol. The van der Waals surface area contributed by atoms with E-state index in [1.807, 2.05) is 0 Å². The van der Waals surface area contributed by atoms with Gasteiger partial charge < -0.3 is 10.8 Å². The first-order valence-corrected chi connectivity index (χ1v) is 13.6. The van der Waals surface area contributed by atoms with Crippen LogP contribution < -0.4 is 21.2 Å². The highest BCUT2D eigenvalue weighted by molar-refractivity contribution is 7.10. The quantitative estimate of drug-likeness (QED) is 0.464. The summed E-state index contributed by atoms with van der Waals surface area (Å²) in [6.07, 6.45) is 0.524. The first-order valence-electron chi connectivity index (χ1n) is 12.4. The number of fused-ring (bicyclic) bond motifs is 1. The molecule has 1 fully saturated rings. The second kappa shape index (κ2) is 10.7. The number of aromatic nitrogens is 1. The highest BCUT2D eigenvalue weighted by Gasteiger charge is 2.34. The summed E-state index contributed by atoms with van der Waals surface area (Å²) >= 11 is 6.74. The Hall–Kier alpha value is -2.95. The van der Waals surface area contributed by atoms with E-state index in [-0.39, 0.29) is 38.6 Å². The minimum atomic E-state index is -4.63. The van der Waals surface area contributed by atoms with Crippen LogP contribution in [0.5, 0.6) is 5.88 Å². The second-order valence-electron chi connectivity index (χ2n) is 9.83. The highest BCUT2D eigenvalue weighted by Crippen LogP contribution is 2.38. The van der Waals surface area contributed by atoms with Crippen molar-refractivity contribution < 1.29 is 18.3 Å². The maximum absolute atomic E-state index is 13.9. The molecule has 0 amide bonds. The molecule has 2 aliphatic rings. The van der Waals surface area contributed by atoms with Gasteiger partial charge in [0.2, 0.25) is 5.88 Å². The summed E-state index contributed by atoms with van der Waals surface area (Å²) in [4.78, 5) is 13.0. The van der Waals surface area contributed by atoms with Crippen molar-refractivity contribution in [3.8, 4) is 5.88 Å². The Kier molecular flexibility index (Phi) is 7.48. The molecule has 0 spiro atoms. The number of alkyl halides is 3. The molecule has 2 heterocycles. The largest absolute Gasteiger partial charge is 0.493 e. The fourth-order valence-corrected chi connectivity index (χ4v) is 6.36. The molecule has 3 aromatic rings. The maximum atomic E-state index is 13.9. The van der Waals surface area contributed by atoms with Crippen molar-refractivity contribution in [1.82, 2.24) is 4.57 Å². The van der Waals surface area contributed by atoms with Gasteiger partial charge in [0.15, 0.2) is 0 Å². The zero-order chi connectivity index (χ0) is 27.0. The van der Waals surface area contributed by atoms with E-state index < -0.39 is 11.7 Å². The summed E-state index contributed by atoms with van der Waals surface area (Å²) in [6.45, 7) is 0.998. The molecule has 6 nitrogen and oxygen atoms in total. The normalized spacial score (nSPS) is 19.8. The Morgan fingerprint density at radius 2 is 1.87 bits per heavy atom. The summed E-state index contributed by atoms with van der Waals surface area (Å²) in [5.41, 5.74) is 6.04. The highest BCUT2D eigenvalue weighted by atomic mass is 35.5. The average molecular weight is 563 g/mol. The molecule has 0 saturated heterocycles. The van der Waals surface area contributed by atoms with Crippen LogP contribution in [0.1, 0.15) is 47.3 Å². The van der Waals surface area contributed by atoms with Crippen LogP contribution in [0.3, 0.4) is 0 Å². The lowest BCUT2D eigenvalue weighted by atomic mass is 9.82. The Morgan fingerprint density at radius 3 is 2.58 bits per heavy atom. The Morgan fingerprint density at radius 1 is 1.13 bits per heavy atom. The molecule has 2 aromatic carbocycles. The van der Waals surface area contributed by atoms with Gasteiger partial charge in [-0.3, -0.25) is 9.36 Å². The fraction of sp³-hybridized carbons (Fsp3) is 0.370. The molecule has 0 radical (unpaired) electrons. The Balaban J connectivity index is 1.60. The molecule has 1 aliphatic heterocycles. The van der Waals surface area contributed by atoms with Crippen molar-refractivity contribution >= 4 is 34.7 Å². The number of benzene rings is 2. The summed E-state index contributed by atoms with van der Waals surface area (Å²) < 4.78 is 43.1. The van der Waals surface area contributed by atoms with Gasteiger partial charge in [0.05, 0.1) is 22.0 Å². The van der Waals surface area contributed by atoms with Gasteiger partial charge in [0, 0.05) is 23.6 Å². The molecular formula is C27H26ClF3N4O2S. The number of rotatable bonds is 6. The zero-order valence-electron chi connectivity index (χ0n) is 20.3. The van der Waals surface area contributed by atoms with Gasteiger partial charge in [0.25, 0.3) is 0 Å². The number of aromatic hydroxyl groups is 1. The molecule has 3 N–H and O–H groups in total.